The van der Waals surface area contributed by atoms with Gasteiger partial charge in [0, 0.05) is 23.4 Å². The molecule has 0 saturated carbocycles. The summed E-state index contributed by atoms with van der Waals surface area (Å²) in [6.45, 7) is 0. The largest absolute Gasteiger partial charge is 0.399 e. The molecule has 0 aliphatic carbocycles. The minimum absolute atomic E-state index is 0.0901. The number of nitrogens with one attached hydrogen (secondary N) is 1. The number of thioether (sulfide) groups is 1. The van der Waals surface area contributed by atoms with E-state index in [0.717, 1.165) is 0 Å². The van der Waals surface area contributed by atoms with Gasteiger partial charge in [-0.15, -0.1) is 0 Å². The van der Waals surface area contributed by atoms with Crippen LogP contribution in [0.15, 0.2) is 24.3 Å². The molecule has 0 radical (unpaired) electrons. The topological polar surface area (TPSA) is 89.3 Å². The van der Waals surface area contributed by atoms with Crippen molar-refractivity contribution in [3.05, 3.63) is 24.3 Å². The van der Waals surface area contributed by atoms with E-state index in [0.29, 0.717) is 17.1 Å². The van der Waals surface area contributed by atoms with E-state index in [2.05, 4.69) is 5.32 Å². The van der Waals surface area contributed by atoms with Crippen LogP contribution < -0.4 is 11.1 Å². The third-order valence-electron chi connectivity index (χ3n) is 2.03. The lowest BCUT2D eigenvalue weighted by Crippen LogP contribution is -2.15. The van der Waals surface area contributed by atoms with Crippen LogP contribution >= 0.6 is 11.8 Å². The molecule has 1 rings (SSSR count). The summed E-state index contributed by atoms with van der Waals surface area (Å²) in [6, 6.07) is 6.83. The van der Waals surface area contributed by atoms with Crippen molar-refractivity contribution < 1.29 is 13.2 Å². The maximum Gasteiger partial charge on any atom is 0.234 e. The average Bonchev–Trinajstić information content (AvgIpc) is 2.26. The van der Waals surface area contributed by atoms with Crippen molar-refractivity contribution in [1.29, 1.82) is 0 Å². The van der Waals surface area contributed by atoms with E-state index in [-0.39, 0.29) is 17.4 Å². The standard InChI is InChI=1S/C11H16N2O3S2/c1-18(15,16)7-6-17-8-11(14)13-10-4-2-9(12)3-5-10/h2-5H,6-8,12H2,1H3,(H,13,14). The van der Waals surface area contributed by atoms with Crippen molar-refractivity contribution in [1.82, 2.24) is 0 Å². The molecule has 0 saturated heterocycles. The lowest BCUT2D eigenvalue weighted by Gasteiger charge is -2.05. The van der Waals surface area contributed by atoms with Crippen LogP contribution in [0.4, 0.5) is 11.4 Å². The molecule has 0 aliphatic heterocycles. The highest BCUT2D eigenvalue weighted by atomic mass is 32.2. The Morgan fingerprint density at radius 2 is 1.94 bits per heavy atom. The molecule has 0 heterocycles. The minimum Gasteiger partial charge on any atom is -0.399 e. The van der Waals surface area contributed by atoms with E-state index in [9.17, 15) is 13.2 Å². The maximum atomic E-state index is 11.5. The van der Waals surface area contributed by atoms with Gasteiger partial charge in [-0.25, -0.2) is 8.42 Å². The molecule has 3 N–H and O–H groups in total. The van der Waals surface area contributed by atoms with E-state index in [1.807, 2.05) is 0 Å². The van der Waals surface area contributed by atoms with Gasteiger partial charge < -0.3 is 11.1 Å². The number of amides is 1. The molecular formula is C11H16N2O3S2. The predicted molar refractivity (Wildman–Crippen MR) is 76.5 cm³/mol. The van der Waals surface area contributed by atoms with Crippen molar-refractivity contribution in [3.8, 4) is 0 Å². The Morgan fingerprint density at radius 3 is 2.50 bits per heavy atom. The predicted octanol–water partition coefficient (Wildman–Crippen LogP) is 0.985. The van der Waals surface area contributed by atoms with Gasteiger partial charge in [-0.1, -0.05) is 0 Å². The number of hydrogen-bond donors (Lipinski definition) is 2. The second kappa shape index (κ2) is 6.65. The molecule has 0 aliphatic rings. The molecule has 18 heavy (non-hydrogen) atoms. The number of sulfone groups is 1. The van der Waals surface area contributed by atoms with Crippen LogP contribution in [0.2, 0.25) is 0 Å². The van der Waals surface area contributed by atoms with Gasteiger partial charge in [0.25, 0.3) is 0 Å². The third-order valence-corrected chi connectivity index (χ3v) is 4.19. The summed E-state index contributed by atoms with van der Waals surface area (Å²) in [5.41, 5.74) is 6.84. The molecule has 0 fully saturated rings. The summed E-state index contributed by atoms with van der Waals surface area (Å²) >= 11 is 1.29. The van der Waals surface area contributed by atoms with Crippen molar-refractivity contribution >= 4 is 38.9 Å². The summed E-state index contributed by atoms with van der Waals surface area (Å²) in [4.78, 5) is 11.5. The first-order valence-corrected chi connectivity index (χ1v) is 8.49. The Morgan fingerprint density at radius 1 is 1.33 bits per heavy atom. The number of carbonyl (C=O) groups excluding carboxylic acids is 1. The van der Waals surface area contributed by atoms with Crippen molar-refractivity contribution in [2.45, 2.75) is 0 Å². The van der Waals surface area contributed by atoms with Crippen LogP contribution in [0, 0.1) is 0 Å². The molecule has 0 unspecified atom stereocenters. The Hall–Kier alpha value is -1.21. The monoisotopic (exact) mass is 288 g/mol. The Balaban J connectivity index is 2.28. The summed E-state index contributed by atoms with van der Waals surface area (Å²) in [5, 5.41) is 2.70. The van der Waals surface area contributed by atoms with Crippen LogP contribution in [-0.2, 0) is 14.6 Å². The highest BCUT2D eigenvalue weighted by Gasteiger charge is 2.05. The Kier molecular flexibility index (Phi) is 5.49. The van der Waals surface area contributed by atoms with Crippen LogP contribution in [0.3, 0.4) is 0 Å². The van der Waals surface area contributed by atoms with E-state index in [1.54, 1.807) is 24.3 Å². The molecule has 0 bridgehead atoms. The van der Waals surface area contributed by atoms with Crippen LogP contribution in [0.1, 0.15) is 0 Å². The zero-order valence-corrected chi connectivity index (χ0v) is 11.7. The number of anilines is 2. The minimum atomic E-state index is -2.95. The molecule has 1 aromatic carbocycles. The number of nitrogen functional groups attached to an aromatic ring is 1. The second-order valence-electron chi connectivity index (χ2n) is 3.85. The second-order valence-corrected chi connectivity index (χ2v) is 7.22. The fourth-order valence-corrected chi connectivity index (χ4v) is 3.22. The highest BCUT2D eigenvalue weighted by Crippen LogP contribution is 2.11. The van der Waals surface area contributed by atoms with Crippen LogP contribution in [-0.4, -0.2) is 37.8 Å². The molecule has 0 atom stereocenters. The number of hydrogen-bond acceptors (Lipinski definition) is 5. The number of benzene rings is 1. The summed E-state index contributed by atoms with van der Waals surface area (Å²) in [6.07, 6.45) is 1.18. The van der Waals surface area contributed by atoms with Crippen molar-refractivity contribution in [2.75, 3.05) is 34.6 Å². The Labute approximate surface area is 111 Å². The molecule has 100 valence electrons. The third kappa shape index (κ3) is 6.51. The average molecular weight is 288 g/mol. The molecule has 1 amide bonds. The van der Waals surface area contributed by atoms with Crippen molar-refractivity contribution in [3.63, 3.8) is 0 Å². The smallest absolute Gasteiger partial charge is 0.234 e. The maximum absolute atomic E-state index is 11.5. The number of carbonyl (C=O) groups is 1. The normalized spacial score (nSPS) is 11.2. The van der Waals surface area contributed by atoms with E-state index >= 15 is 0 Å². The number of rotatable bonds is 6. The molecule has 0 spiro atoms. The number of nitrogens with two attached hydrogens (primary N) is 1. The first kappa shape index (κ1) is 14.8. The van der Waals surface area contributed by atoms with E-state index in [4.69, 9.17) is 5.73 Å². The van der Waals surface area contributed by atoms with Gasteiger partial charge in [-0.2, -0.15) is 11.8 Å². The summed E-state index contributed by atoms with van der Waals surface area (Å²) in [5.74, 6) is 0.596. The quantitative estimate of drug-likeness (QED) is 0.602. The van der Waals surface area contributed by atoms with Crippen LogP contribution in [0.25, 0.3) is 0 Å². The van der Waals surface area contributed by atoms with Gasteiger partial charge in [0.1, 0.15) is 9.84 Å². The highest BCUT2D eigenvalue weighted by molar-refractivity contribution is 8.01. The molecule has 1 aromatic rings. The molecular weight excluding hydrogens is 272 g/mol. The lowest BCUT2D eigenvalue weighted by molar-refractivity contribution is -0.113. The van der Waals surface area contributed by atoms with Gasteiger partial charge >= 0.3 is 0 Å². The van der Waals surface area contributed by atoms with Gasteiger partial charge in [0.15, 0.2) is 0 Å². The fourth-order valence-electron chi connectivity index (χ4n) is 1.14. The van der Waals surface area contributed by atoms with Crippen LogP contribution in [0.5, 0.6) is 0 Å². The molecule has 0 aromatic heterocycles. The first-order chi connectivity index (χ1) is 8.37. The lowest BCUT2D eigenvalue weighted by atomic mass is 10.3. The molecule has 7 heteroatoms. The van der Waals surface area contributed by atoms with Gasteiger partial charge in [0.2, 0.25) is 5.91 Å². The van der Waals surface area contributed by atoms with Crippen molar-refractivity contribution in [2.24, 2.45) is 0 Å². The summed E-state index contributed by atoms with van der Waals surface area (Å²) < 4.78 is 21.7. The zero-order chi connectivity index (χ0) is 13.6. The SMILES string of the molecule is CS(=O)(=O)CCSCC(=O)Nc1ccc(N)cc1. The summed E-state index contributed by atoms with van der Waals surface area (Å²) in [7, 11) is -2.95. The van der Waals surface area contributed by atoms with E-state index in [1.165, 1.54) is 18.0 Å². The molecule has 5 nitrogen and oxygen atoms in total. The first-order valence-electron chi connectivity index (χ1n) is 5.28. The zero-order valence-electron chi connectivity index (χ0n) is 10.0. The van der Waals surface area contributed by atoms with E-state index < -0.39 is 9.84 Å². The Bertz CT molecular complexity index is 498. The fraction of sp³-hybridized carbons (Fsp3) is 0.364. The van der Waals surface area contributed by atoms with Gasteiger partial charge in [0.05, 0.1) is 11.5 Å². The van der Waals surface area contributed by atoms with Gasteiger partial charge in [-0.3, -0.25) is 4.79 Å². The van der Waals surface area contributed by atoms with Gasteiger partial charge in [-0.05, 0) is 24.3 Å².